The van der Waals surface area contributed by atoms with Crippen LogP contribution >= 0.6 is 10.6 Å². The maximum absolute atomic E-state index is 12.0. The van der Waals surface area contributed by atoms with Crippen LogP contribution in [-0.2, 0) is 4.74 Å². The van der Waals surface area contributed by atoms with Gasteiger partial charge in [-0.2, -0.15) is 10.6 Å². The molecule has 178 valence electrons. The van der Waals surface area contributed by atoms with Gasteiger partial charge < -0.3 is 20.3 Å². The molecular weight excluding hydrogens is 442 g/mol. The summed E-state index contributed by atoms with van der Waals surface area (Å²) in [5.74, 6) is 1.29. The Labute approximate surface area is 195 Å². The molecule has 2 unspecified atom stereocenters. The zero-order chi connectivity index (χ0) is 23.3. The number of carbonyl (C=O) groups excluding carboxylic acids is 1. The van der Waals surface area contributed by atoms with Gasteiger partial charge in [-0.1, -0.05) is 0 Å². The summed E-state index contributed by atoms with van der Waals surface area (Å²) < 4.78 is 27.4. The van der Waals surface area contributed by atoms with Crippen molar-refractivity contribution in [3.63, 3.8) is 0 Å². The summed E-state index contributed by atoms with van der Waals surface area (Å²) in [4.78, 5) is 23.9. The molecule has 1 aliphatic carbocycles. The van der Waals surface area contributed by atoms with E-state index in [2.05, 4.69) is 22.5 Å². The minimum Gasteiger partial charge on any atom is -0.377 e. The third-order valence-electron chi connectivity index (χ3n) is 6.74. The molecule has 2 amide bonds. The highest BCUT2D eigenvalue weighted by Gasteiger charge is 2.45. The van der Waals surface area contributed by atoms with Gasteiger partial charge >= 0.3 is 6.03 Å². The molecule has 2 aromatic rings. The van der Waals surface area contributed by atoms with Crippen LogP contribution < -0.4 is 15.5 Å². The first-order chi connectivity index (χ1) is 15.8. The average Bonchev–Trinajstić information content (AvgIpc) is 3.59. The number of aromatic nitrogens is 2. The lowest BCUT2D eigenvalue weighted by molar-refractivity contribution is 0.0984. The molecule has 4 N–H and O–H groups in total. The quantitative estimate of drug-likeness (QED) is 0.515. The SMILES string of the molecule is CC1c2nc(-c3ccc(NC(=O)NC4CC4)cc3)nc(N3CCOC[C@@H]3C)c2C(C)S1(O)O. The van der Waals surface area contributed by atoms with Gasteiger partial charge in [0.15, 0.2) is 5.82 Å². The Kier molecular flexibility index (Phi) is 5.72. The summed E-state index contributed by atoms with van der Waals surface area (Å²) in [6.45, 7) is 7.64. The maximum atomic E-state index is 12.0. The van der Waals surface area contributed by atoms with Crippen molar-refractivity contribution in [2.24, 2.45) is 0 Å². The van der Waals surface area contributed by atoms with Crippen molar-refractivity contribution in [2.45, 2.75) is 56.2 Å². The number of rotatable bonds is 4. The monoisotopic (exact) mass is 473 g/mol. The van der Waals surface area contributed by atoms with Crippen LogP contribution in [0.15, 0.2) is 24.3 Å². The molecule has 1 saturated heterocycles. The molecule has 1 aromatic heterocycles. The normalized spacial score (nSPS) is 27.1. The van der Waals surface area contributed by atoms with Crippen molar-refractivity contribution in [3.05, 3.63) is 35.5 Å². The number of urea groups is 1. The third kappa shape index (κ3) is 4.16. The molecule has 10 heteroatoms. The Hall–Kier alpha value is -2.40. The highest BCUT2D eigenvalue weighted by Crippen LogP contribution is 2.70. The zero-order valence-corrected chi connectivity index (χ0v) is 19.9. The van der Waals surface area contributed by atoms with E-state index >= 15 is 0 Å². The molecule has 2 fully saturated rings. The summed E-state index contributed by atoms with van der Waals surface area (Å²) in [7, 11) is -2.88. The molecule has 9 nitrogen and oxygen atoms in total. The number of anilines is 2. The van der Waals surface area contributed by atoms with Crippen LogP contribution in [0.1, 0.15) is 55.4 Å². The zero-order valence-electron chi connectivity index (χ0n) is 19.1. The lowest BCUT2D eigenvalue weighted by Crippen LogP contribution is -2.44. The Balaban J connectivity index is 1.50. The van der Waals surface area contributed by atoms with E-state index < -0.39 is 21.1 Å². The van der Waals surface area contributed by atoms with Gasteiger partial charge in [-0.05, 0) is 57.9 Å². The molecule has 5 rings (SSSR count). The fraction of sp³-hybridized carbons (Fsp3) is 0.522. The molecule has 3 aliphatic rings. The van der Waals surface area contributed by atoms with E-state index in [4.69, 9.17) is 14.7 Å². The molecule has 3 heterocycles. The Morgan fingerprint density at radius 3 is 2.52 bits per heavy atom. The van der Waals surface area contributed by atoms with Gasteiger partial charge in [0.1, 0.15) is 5.82 Å². The van der Waals surface area contributed by atoms with Crippen molar-refractivity contribution in [1.82, 2.24) is 15.3 Å². The second kappa shape index (κ2) is 8.43. The van der Waals surface area contributed by atoms with E-state index in [0.717, 1.165) is 29.8 Å². The van der Waals surface area contributed by atoms with E-state index in [9.17, 15) is 13.9 Å². The second-order valence-corrected chi connectivity index (χ2v) is 11.9. The number of fused-ring (bicyclic) bond motifs is 1. The summed E-state index contributed by atoms with van der Waals surface area (Å²) in [6, 6.07) is 7.62. The lowest BCUT2D eigenvalue weighted by atomic mass is 10.1. The van der Waals surface area contributed by atoms with Crippen molar-refractivity contribution in [1.29, 1.82) is 0 Å². The fourth-order valence-electron chi connectivity index (χ4n) is 4.49. The van der Waals surface area contributed by atoms with Crippen molar-refractivity contribution in [3.8, 4) is 11.4 Å². The first kappa shape index (κ1) is 22.4. The molecule has 2 aliphatic heterocycles. The van der Waals surface area contributed by atoms with E-state index in [1.165, 1.54) is 0 Å². The van der Waals surface area contributed by atoms with Gasteiger partial charge in [-0.3, -0.25) is 9.11 Å². The lowest BCUT2D eigenvalue weighted by Gasteiger charge is -2.38. The van der Waals surface area contributed by atoms with Gasteiger partial charge in [-0.25, -0.2) is 14.8 Å². The first-order valence-corrected chi connectivity index (χ1v) is 13.1. The van der Waals surface area contributed by atoms with Crippen LogP contribution in [0.25, 0.3) is 11.4 Å². The molecular formula is C23H31N5O4S. The van der Waals surface area contributed by atoms with E-state index in [1.54, 1.807) is 0 Å². The maximum Gasteiger partial charge on any atom is 0.319 e. The number of nitrogens with zero attached hydrogens (tertiary/aromatic N) is 3. The number of carbonyl (C=O) groups is 1. The Morgan fingerprint density at radius 1 is 1.12 bits per heavy atom. The largest absolute Gasteiger partial charge is 0.377 e. The topological polar surface area (TPSA) is 120 Å². The molecule has 0 bridgehead atoms. The van der Waals surface area contributed by atoms with Crippen LogP contribution in [0.3, 0.4) is 0 Å². The number of nitrogens with one attached hydrogen (secondary N) is 2. The molecule has 0 radical (unpaired) electrons. The molecule has 3 atom stereocenters. The third-order valence-corrected chi connectivity index (χ3v) is 9.28. The summed E-state index contributed by atoms with van der Waals surface area (Å²) in [5, 5.41) is 4.86. The molecule has 0 spiro atoms. The number of amides is 2. The van der Waals surface area contributed by atoms with Gasteiger partial charge in [0.2, 0.25) is 0 Å². The van der Waals surface area contributed by atoms with E-state index in [-0.39, 0.29) is 12.1 Å². The highest BCUT2D eigenvalue weighted by atomic mass is 32.3. The second-order valence-electron chi connectivity index (χ2n) is 9.16. The van der Waals surface area contributed by atoms with Gasteiger partial charge in [0.05, 0.1) is 35.4 Å². The first-order valence-electron chi connectivity index (χ1n) is 11.5. The van der Waals surface area contributed by atoms with Crippen molar-refractivity contribution < 1.29 is 18.6 Å². The standard InChI is InChI=1S/C23H31N5O4S/c1-13-12-32-11-10-28(13)22-19-14(2)33(30,31)15(3)20(19)26-21(27-22)16-4-6-17(7-5-16)24-23(29)25-18-8-9-18/h4-7,13-15,18,30-31H,8-12H2,1-3H3,(H2,24,25,29)/t13-,14?,15?/m0/s1. The average molecular weight is 474 g/mol. The predicted molar refractivity (Wildman–Crippen MR) is 130 cm³/mol. The van der Waals surface area contributed by atoms with Gasteiger partial charge in [-0.15, -0.1) is 0 Å². The van der Waals surface area contributed by atoms with E-state index in [1.807, 2.05) is 38.1 Å². The van der Waals surface area contributed by atoms with Crippen LogP contribution in [0.4, 0.5) is 16.3 Å². The van der Waals surface area contributed by atoms with Gasteiger partial charge in [0, 0.05) is 29.4 Å². The van der Waals surface area contributed by atoms with Crippen molar-refractivity contribution in [2.75, 3.05) is 30.0 Å². The van der Waals surface area contributed by atoms with Crippen LogP contribution in [-0.4, -0.2) is 56.9 Å². The molecule has 1 aromatic carbocycles. The smallest absolute Gasteiger partial charge is 0.319 e. The molecule has 1 saturated carbocycles. The highest BCUT2D eigenvalue weighted by molar-refractivity contribution is 8.24. The summed E-state index contributed by atoms with van der Waals surface area (Å²) in [6.07, 6.45) is 2.07. The van der Waals surface area contributed by atoms with Crippen molar-refractivity contribution >= 4 is 28.1 Å². The summed E-state index contributed by atoms with van der Waals surface area (Å²) in [5.41, 5.74) is 3.02. The van der Waals surface area contributed by atoms with Crippen LogP contribution in [0.2, 0.25) is 0 Å². The minimum absolute atomic E-state index is 0.118. The number of hydrogen-bond donors (Lipinski definition) is 4. The number of hydrogen-bond acceptors (Lipinski definition) is 7. The van der Waals surface area contributed by atoms with Crippen LogP contribution in [0, 0.1) is 0 Å². The predicted octanol–water partition coefficient (Wildman–Crippen LogP) is 4.54. The van der Waals surface area contributed by atoms with E-state index in [0.29, 0.717) is 43.0 Å². The number of morpholine rings is 1. The van der Waals surface area contributed by atoms with Crippen LogP contribution in [0.5, 0.6) is 0 Å². The van der Waals surface area contributed by atoms with Gasteiger partial charge in [0.25, 0.3) is 0 Å². The molecule has 33 heavy (non-hydrogen) atoms. The summed E-state index contributed by atoms with van der Waals surface area (Å²) >= 11 is 0. The number of benzene rings is 1. The Morgan fingerprint density at radius 2 is 1.85 bits per heavy atom. The number of ether oxygens (including phenoxy) is 1. The Bertz CT molecular complexity index is 1060. The fourth-order valence-corrected chi connectivity index (χ4v) is 6.18. The minimum atomic E-state index is -2.88.